The molecule has 0 radical (unpaired) electrons. The van der Waals surface area contributed by atoms with Crippen LogP contribution in [0.4, 0.5) is 5.69 Å². The van der Waals surface area contributed by atoms with Crippen molar-refractivity contribution in [2.24, 2.45) is 0 Å². The van der Waals surface area contributed by atoms with Gasteiger partial charge in [-0.1, -0.05) is 18.2 Å². The van der Waals surface area contributed by atoms with E-state index in [9.17, 15) is 4.79 Å². The van der Waals surface area contributed by atoms with Gasteiger partial charge in [-0.2, -0.15) is 5.26 Å². The lowest BCUT2D eigenvalue weighted by Crippen LogP contribution is -2.14. The van der Waals surface area contributed by atoms with E-state index in [2.05, 4.69) is 11.4 Å². The second-order valence-corrected chi connectivity index (χ2v) is 5.87. The van der Waals surface area contributed by atoms with Crippen LogP contribution in [0.15, 0.2) is 42.5 Å². The fourth-order valence-electron chi connectivity index (χ4n) is 2.12. The van der Waals surface area contributed by atoms with Gasteiger partial charge >= 0.3 is 0 Å². The minimum Gasteiger partial charge on any atom is -0.493 e. The van der Waals surface area contributed by atoms with Crippen LogP contribution in [0.5, 0.6) is 11.5 Å². The Morgan fingerprint density at radius 2 is 1.92 bits per heavy atom. The van der Waals surface area contributed by atoms with Gasteiger partial charge in [0.15, 0.2) is 11.5 Å². The maximum Gasteiger partial charge on any atom is 0.234 e. The van der Waals surface area contributed by atoms with E-state index in [0.717, 1.165) is 5.56 Å². The molecule has 1 amide bonds. The summed E-state index contributed by atoms with van der Waals surface area (Å²) in [6.45, 7) is 0. The van der Waals surface area contributed by atoms with E-state index in [-0.39, 0.29) is 5.91 Å². The van der Waals surface area contributed by atoms with Crippen LogP contribution in [-0.2, 0) is 10.5 Å². The Labute approximate surface area is 145 Å². The number of ether oxygens (including phenoxy) is 2. The fraction of sp³-hybridized carbons (Fsp3) is 0.222. The molecule has 0 aliphatic carbocycles. The Hall–Kier alpha value is -2.65. The number of anilines is 1. The van der Waals surface area contributed by atoms with Crippen LogP contribution in [0, 0.1) is 11.3 Å². The highest BCUT2D eigenvalue weighted by Crippen LogP contribution is 2.29. The lowest BCUT2D eigenvalue weighted by atomic mass is 10.1. The molecule has 0 atom stereocenters. The van der Waals surface area contributed by atoms with E-state index >= 15 is 0 Å². The summed E-state index contributed by atoms with van der Waals surface area (Å²) in [6.07, 6.45) is 0. The SMILES string of the molecule is COc1ccc(NC(=O)CSCc2ccccc2C#N)cc1OC. The Kier molecular flexibility index (Phi) is 6.52. The first kappa shape index (κ1) is 17.7. The topological polar surface area (TPSA) is 71.3 Å². The van der Waals surface area contributed by atoms with Gasteiger partial charge in [-0.05, 0) is 23.8 Å². The molecule has 24 heavy (non-hydrogen) atoms. The van der Waals surface area contributed by atoms with Gasteiger partial charge in [-0.25, -0.2) is 0 Å². The molecular weight excluding hydrogens is 324 g/mol. The van der Waals surface area contributed by atoms with Crippen molar-refractivity contribution in [3.05, 3.63) is 53.6 Å². The molecule has 0 saturated carbocycles. The number of hydrogen-bond donors (Lipinski definition) is 1. The summed E-state index contributed by atoms with van der Waals surface area (Å²) in [5.41, 5.74) is 2.23. The number of nitrogens with zero attached hydrogens (tertiary/aromatic N) is 1. The van der Waals surface area contributed by atoms with Gasteiger partial charge in [-0.3, -0.25) is 4.79 Å². The molecular formula is C18H18N2O3S. The zero-order valence-corrected chi connectivity index (χ0v) is 14.4. The number of methoxy groups -OCH3 is 2. The highest BCUT2D eigenvalue weighted by atomic mass is 32.2. The minimum absolute atomic E-state index is 0.110. The second kappa shape index (κ2) is 8.85. The summed E-state index contributed by atoms with van der Waals surface area (Å²) in [5, 5.41) is 11.9. The smallest absolute Gasteiger partial charge is 0.234 e. The first-order chi connectivity index (χ1) is 11.7. The number of rotatable bonds is 7. The van der Waals surface area contributed by atoms with Crippen molar-refractivity contribution in [3.63, 3.8) is 0 Å². The lowest BCUT2D eigenvalue weighted by molar-refractivity contribution is -0.113. The van der Waals surface area contributed by atoms with E-state index in [1.165, 1.54) is 11.8 Å². The molecule has 0 bridgehead atoms. The number of amides is 1. The Bertz CT molecular complexity index is 756. The molecule has 2 aromatic carbocycles. The number of nitrogens with one attached hydrogen (secondary N) is 1. The molecule has 2 rings (SSSR count). The first-order valence-corrected chi connectivity index (χ1v) is 8.41. The monoisotopic (exact) mass is 342 g/mol. The summed E-state index contributed by atoms with van der Waals surface area (Å²) in [6, 6.07) is 14.8. The molecule has 6 heteroatoms. The van der Waals surface area contributed by atoms with Gasteiger partial charge < -0.3 is 14.8 Å². The molecule has 124 valence electrons. The normalized spacial score (nSPS) is 9.88. The summed E-state index contributed by atoms with van der Waals surface area (Å²) >= 11 is 1.46. The van der Waals surface area contributed by atoms with Gasteiger partial charge in [0, 0.05) is 17.5 Å². The molecule has 2 aromatic rings. The van der Waals surface area contributed by atoms with E-state index in [0.29, 0.717) is 34.3 Å². The number of nitriles is 1. The van der Waals surface area contributed by atoms with Gasteiger partial charge in [0.2, 0.25) is 5.91 Å². The molecule has 0 unspecified atom stereocenters. The number of carbonyl (C=O) groups excluding carboxylic acids is 1. The quantitative estimate of drug-likeness (QED) is 0.834. The third kappa shape index (κ3) is 4.67. The van der Waals surface area contributed by atoms with E-state index in [4.69, 9.17) is 14.7 Å². The van der Waals surface area contributed by atoms with Crippen LogP contribution in [-0.4, -0.2) is 25.9 Å². The molecule has 1 N–H and O–H groups in total. The van der Waals surface area contributed by atoms with Crippen molar-refractivity contribution in [2.75, 3.05) is 25.3 Å². The van der Waals surface area contributed by atoms with Crippen molar-refractivity contribution in [3.8, 4) is 17.6 Å². The average Bonchev–Trinajstić information content (AvgIpc) is 2.62. The maximum atomic E-state index is 12.0. The summed E-state index contributed by atoms with van der Waals surface area (Å²) in [5.74, 6) is 1.97. The van der Waals surface area contributed by atoms with Crippen LogP contribution >= 0.6 is 11.8 Å². The summed E-state index contributed by atoms with van der Waals surface area (Å²) in [4.78, 5) is 12.0. The second-order valence-electron chi connectivity index (χ2n) is 4.88. The highest BCUT2D eigenvalue weighted by molar-refractivity contribution is 7.99. The number of benzene rings is 2. The van der Waals surface area contributed by atoms with E-state index in [1.807, 2.05) is 18.2 Å². The molecule has 0 aromatic heterocycles. The van der Waals surface area contributed by atoms with Crippen molar-refractivity contribution in [1.29, 1.82) is 5.26 Å². The fourth-order valence-corrected chi connectivity index (χ4v) is 2.95. The minimum atomic E-state index is -0.110. The third-order valence-electron chi connectivity index (χ3n) is 3.30. The zero-order chi connectivity index (χ0) is 17.4. The Balaban J connectivity index is 1.89. The van der Waals surface area contributed by atoms with Crippen LogP contribution in [0.25, 0.3) is 0 Å². The van der Waals surface area contributed by atoms with E-state index in [1.54, 1.807) is 38.5 Å². The summed E-state index contributed by atoms with van der Waals surface area (Å²) in [7, 11) is 3.11. The van der Waals surface area contributed by atoms with E-state index < -0.39 is 0 Å². The molecule has 0 aliphatic heterocycles. The molecule has 5 nitrogen and oxygen atoms in total. The zero-order valence-electron chi connectivity index (χ0n) is 13.5. The third-order valence-corrected chi connectivity index (χ3v) is 4.28. The number of carbonyl (C=O) groups is 1. The van der Waals surface area contributed by atoms with Gasteiger partial charge in [0.1, 0.15) is 0 Å². The predicted molar refractivity (Wildman–Crippen MR) is 95.5 cm³/mol. The summed E-state index contributed by atoms with van der Waals surface area (Å²) < 4.78 is 10.4. The number of hydrogen-bond acceptors (Lipinski definition) is 5. The van der Waals surface area contributed by atoms with Gasteiger partial charge in [0.05, 0.1) is 31.6 Å². The first-order valence-electron chi connectivity index (χ1n) is 7.25. The van der Waals surface area contributed by atoms with Crippen LogP contribution < -0.4 is 14.8 Å². The molecule has 0 heterocycles. The van der Waals surface area contributed by atoms with Gasteiger partial charge in [-0.15, -0.1) is 11.8 Å². The van der Waals surface area contributed by atoms with Crippen molar-refractivity contribution >= 4 is 23.4 Å². The van der Waals surface area contributed by atoms with Crippen LogP contribution in [0.2, 0.25) is 0 Å². The molecule has 0 fully saturated rings. The van der Waals surface area contributed by atoms with Crippen molar-refractivity contribution in [2.45, 2.75) is 5.75 Å². The van der Waals surface area contributed by atoms with Crippen LogP contribution in [0.3, 0.4) is 0 Å². The predicted octanol–water partition coefficient (Wildman–Crippen LogP) is 3.45. The molecule has 0 aliphatic rings. The van der Waals surface area contributed by atoms with Crippen molar-refractivity contribution < 1.29 is 14.3 Å². The van der Waals surface area contributed by atoms with Crippen LogP contribution in [0.1, 0.15) is 11.1 Å². The average molecular weight is 342 g/mol. The standard InChI is InChI=1S/C18H18N2O3S/c1-22-16-8-7-15(9-17(16)23-2)20-18(21)12-24-11-14-6-4-3-5-13(14)10-19/h3-9H,11-12H2,1-2H3,(H,20,21). The Morgan fingerprint density at radius 1 is 1.17 bits per heavy atom. The Morgan fingerprint density at radius 3 is 2.62 bits per heavy atom. The lowest BCUT2D eigenvalue weighted by Gasteiger charge is -2.10. The molecule has 0 spiro atoms. The maximum absolute atomic E-state index is 12.0. The van der Waals surface area contributed by atoms with Gasteiger partial charge in [0.25, 0.3) is 0 Å². The number of thioether (sulfide) groups is 1. The largest absolute Gasteiger partial charge is 0.493 e. The van der Waals surface area contributed by atoms with Crippen molar-refractivity contribution in [1.82, 2.24) is 0 Å². The highest BCUT2D eigenvalue weighted by Gasteiger charge is 2.08. The molecule has 0 saturated heterocycles.